The van der Waals surface area contributed by atoms with Crippen LogP contribution in [0.15, 0.2) is 0 Å². The van der Waals surface area contributed by atoms with E-state index in [9.17, 15) is 4.79 Å². The summed E-state index contributed by atoms with van der Waals surface area (Å²) in [6, 6.07) is 0. The first-order chi connectivity index (χ1) is 8.27. The van der Waals surface area contributed by atoms with E-state index in [0.29, 0.717) is 10.7 Å². The summed E-state index contributed by atoms with van der Waals surface area (Å²) in [5, 5.41) is 3.39. The molecule has 1 N–H and O–H groups in total. The normalized spacial score (nSPS) is 34.3. The number of hydrogen-bond acceptors (Lipinski definition) is 2. The molecule has 3 atom stereocenters. The highest BCUT2D eigenvalue weighted by molar-refractivity contribution is 9.09. The highest BCUT2D eigenvalue weighted by Crippen LogP contribution is 2.30. The number of hydrogen-bond donors (Lipinski definition) is 1. The van der Waals surface area contributed by atoms with Gasteiger partial charge >= 0.3 is 0 Å². The van der Waals surface area contributed by atoms with Crippen molar-refractivity contribution in [1.29, 1.82) is 0 Å². The van der Waals surface area contributed by atoms with Crippen LogP contribution in [-0.4, -0.2) is 28.3 Å². The fourth-order valence-corrected chi connectivity index (χ4v) is 4.68. The maximum absolute atomic E-state index is 12.0. The molecule has 4 heteroatoms. The van der Waals surface area contributed by atoms with Crippen molar-refractivity contribution in [2.75, 3.05) is 12.3 Å². The molecule has 17 heavy (non-hydrogen) atoms. The molecule has 2 rings (SSSR count). The largest absolute Gasteiger partial charge is 0.355 e. The minimum absolute atomic E-state index is 0.223. The van der Waals surface area contributed by atoms with Crippen LogP contribution in [0.3, 0.4) is 0 Å². The molecule has 1 heterocycles. The van der Waals surface area contributed by atoms with Gasteiger partial charge in [-0.05, 0) is 37.4 Å². The predicted octanol–water partition coefficient (Wildman–Crippen LogP) is 3.34. The van der Waals surface area contributed by atoms with Crippen molar-refractivity contribution in [1.82, 2.24) is 5.32 Å². The Morgan fingerprint density at radius 2 is 1.94 bits per heavy atom. The minimum Gasteiger partial charge on any atom is -0.355 e. The van der Waals surface area contributed by atoms with Crippen LogP contribution >= 0.6 is 27.7 Å². The molecule has 0 bridgehead atoms. The Labute approximate surface area is 117 Å². The van der Waals surface area contributed by atoms with Gasteiger partial charge in [-0.1, -0.05) is 35.2 Å². The van der Waals surface area contributed by atoms with E-state index in [1.807, 2.05) is 11.8 Å². The molecule has 0 aromatic heterocycles. The van der Waals surface area contributed by atoms with Crippen LogP contribution in [0.5, 0.6) is 0 Å². The third-order valence-electron chi connectivity index (χ3n) is 3.83. The average molecular weight is 320 g/mol. The van der Waals surface area contributed by atoms with Gasteiger partial charge < -0.3 is 5.32 Å². The average Bonchev–Trinajstić information content (AvgIpc) is 2.38. The monoisotopic (exact) mass is 319 g/mol. The summed E-state index contributed by atoms with van der Waals surface area (Å²) in [6.07, 6.45) is 8.74. The third-order valence-corrected chi connectivity index (χ3v) is 6.41. The second kappa shape index (κ2) is 7.03. The molecule has 1 saturated heterocycles. The molecule has 98 valence electrons. The first-order valence-corrected chi connectivity index (χ1v) is 8.77. The molecule has 1 saturated carbocycles. The van der Waals surface area contributed by atoms with Gasteiger partial charge in [-0.15, -0.1) is 11.8 Å². The van der Waals surface area contributed by atoms with E-state index >= 15 is 0 Å². The van der Waals surface area contributed by atoms with Gasteiger partial charge in [-0.25, -0.2) is 0 Å². The Kier molecular flexibility index (Phi) is 5.67. The fourth-order valence-electron chi connectivity index (χ4n) is 2.69. The summed E-state index contributed by atoms with van der Waals surface area (Å²) in [5.41, 5.74) is 0. The third kappa shape index (κ3) is 4.16. The molecule has 1 aliphatic carbocycles. The highest BCUT2D eigenvalue weighted by Gasteiger charge is 2.25. The Bertz CT molecular complexity index is 256. The van der Waals surface area contributed by atoms with Gasteiger partial charge in [0.2, 0.25) is 5.91 Å². The molecule has 0 radical (unpaired) electrons. The van der Waals surface area contributed by atoms with Crippen molar-refractivity contribution in [3.8, 4) is 0 Å². The minimum atomic E-state index is 0.223. The molecular weight excluding hydrogens is 298 g/mol. The maximum Gasteiger partial charge on any atom is 0.233 e. The smallest absolute Gasteiger partial charge is 0.233 e. The van der Waals surface area contributed by atoms with Crippen LogP contribution < -0.4 is 5.32 Å². The molecule has 2 nitrogen and oxygen atoms in total. The fraction of sp³-hybridized carbons (Fsp3) is 0.923. The van der Waals surface area contributed by atoms with Crippen molar-refractivity contribution in [3.63, 3.8) is 0 Å². The molecular formula is C13H22BrNOS. The Hall–Kier alpha value is 0.300. The van der Waals surface area contributed by atoms with E-state index in [1.165, 1.54) is 38.5 Å². The van der Waals surface area contributed by atoms with E-state index in [4.69, 9.17) is 0 Å². The Balaban J connectivity index is 1.71. The molecule has 2 fully saturated rings. The first-order valence-electron chi connectivity index (χ1n) is 6.81. The van der Waals surface area contributed by atoms with Crippen LogP contribution in [0.25, 0.3) is 0 Å². The maximum atomic E-state index is 12.0. The standard InChI is InChI=1S/C13H22BrNOS/c14-11-6-2-1-5-10(11)9-15-13(16)12-7-3-4-8-17-12/h10-12H,1-9H2,(H,15,16). The van der Waals surface area contributed by atoms with Gasteiger partial charge in [0, 0.05) is 11.4 Å². The van der Waals surface area contributed by atoms with Gasteiger partial charge in [0.1, 0.15) is 0 Å². The highest BCUT2D eigenvalue weighted by atomic mass is 79.9. The van der Waals surface area contributed by atoms with Gasteiger partial charge in [-0.2, -0.15) is 0 Å². The van der Waals surface area contributed by atoms with E-state index in [1.54, 1.807) is 0 Å². The van der Waals surface area contributed by atoms with Crippen molar-refractivity contribution in [2.24, 2.45) is 5.92 Å². The number of alkyl halides is 1. The molecule has 0 aromatic rings. The quantitative estimate of drug-likeness (QED) is 0.808. The summed E-state index contributed by atoms with van der Waals surface area (Å²) in [7, 11) is 0. The van der Waals surface area contributed by atoms with Gasteiger partial charge in [-0.3, -0.25) is 4.79 Å². The van der Waals surface area contributed by atoms with Crippen LogP contribution in [0, 0.1) is 5.92 Å². The summed E-state index contributed by atoms with van der Waals surface area (Å²) in [4.78, 5) is 12.6. The van der Waals surface area contributed by atoms with Crippen LogP contribution in [-0.2, 0) is 4.79 Å². The van der Waals surface area contributed by atoms with Gasteiger partial charge in [0.25, 0.3) is 0 Å². The molecule has 3 unspecified atom stereocenters. The van der Waals surface area contributed by atoms with Crippen molar-refractivity contribution < 1.29 is 4.79 Å². The van der Waals surface area contributed by atoms with Crippen molar-refractivity contribution >= 4 is 33.6 Å². The summed E-state index contributed by atoms with van der Waals surface area (Å²) < 4.78 is 0. The van der Waals surface area contributed by atoms with E-state index < -0.39 is 0 Å². The molecule has 0 spiro atoms. The number of amides is 1. The number of nitrogens with one attached hydrogen (secondary N) is 1. The zero-order chi connectivity index (χ0) is 12.1. The van der Waals surface area contributed by atoms with Crippen LogP contribution in [0.2, 0.25) is 0 Å². The SMILES string of the molecule is O=C(NCC1CCCCC1Br)C1CCCCS1. The zero-order valence-corrected chi connectivity index (χ0v) is 12.7. The topological polar surface area (TPSA) is 29.1 Å². The van der Waals surface area contributed by atoms with Crippen molar-refractivity contribution in [3.05, 3.63) is 0 Å². The number of thioether (sulfide) groups is 1. The zero-order valence-electron chi connectivity index (χ0n) is 10.3. The van der Waals surface area contributed by atoms with Gasteiger partial charge in [0.15, 0.2) is 0 Å². The predicted molar refractivity (Wildman–Crippen MR) is 77.8 cm³/mol. The number of carbonyl (C=O) groups excluding carboxylic acids is 1. The lowest BCUT2D eigenvalue weighted by molar-refractivity contribution is -0.120. The van der Waals surface area contributed by atoms with E-state index in [0.717, 1.165) is 18.7 Å². The second-order valence-corrected chi connectivity index (χ2v) is 7.65. The summed E-state index contributed by atoms with van der Waals surface area (Å²) in [6.45, 7) is 0.867. The van der Waals surface area contributed by atoms with E-state index in [-0.39, 0.29) is 11.2 Å². The summed E-state index contributed by atoms with van der Waals surface area (Å²) >= 11 is 5.58. The lowest BCUT2D eigenvalue weighted by atomic mass is 9.89. The Morgan fingerprint density at radius 3 is 2.65 bits per heavy atom. The number of halogens is 1. The van der Waals surface area contributed by atoms with Gasteiger partial charge in [0.05, 0.1) is 5.25 Å². The lowest BCUT2D eigenvalue weighted by Gasteiger charge is -2.28. The van der Waals surface area contributed by atoms with Crippen molar-refractivity contribution in [2.45, 2.75) is 55.0 Å². The summed E-state index contributed by atoms with van der Waals surface area (Å²) in [5.74, 6) is 2.07. The second-order valence-electron chi connectivity index (χ2n) is 5.16. The first kappa shape index (κ1) is 13.7. The molecule has 1 aliphatic heterocycles. The number of carbonyl (C=O) groups is 1. The molecule has 1 amide bonds. The lowest BCUT2D eigenvalue weighted by Crippen LogP contribution is -2.39. The number of rotatable bonds is 3. The van der Waals surface area contributed by atoms with Crippen LogP contribution in [0.4, 0.5) is 0 Å². The molecule has 0 aromatic carbocycles. The Morgan fingerprint density at radius 1 is 1.18 bits per heavy atom. The van der Waals surface area contributed by atoms with E-state index in [2.05, 4.69) is 21.2 Å². The van der Waals surface area contributed by atoms with Crippen LogP contribution in [0.1, 0.15) is 44.9 Å². The molecule has 2 aliphatic rings.